The van der Waals surface area contributed by atoms with Crippen molar-refractivity contribution in [3.63, 3.8) is 0 Å². The zero-order valence-electron chi connectivity index (χ0n) is 14.5. The molecule has 0 radical (unpaired) electrons. The number of amides is 1. The first-order valence-corrected chi connectivity index (χ1v) is 8.24. The van der Waals surface area contributed by atoms with Crippen molar-refractivity contribution in [1.82, 2.24) is 4.90 Å². The van der Waals surface area contributed by atoms with E-state index >= 15 is 0 Å². The van der Waals surface area contributed by atoms with Crippen LogP contribution in [-0.4, -0.2) is 58.2 Å². The highest BCUT2D eigenvalue weighted by Gasteiger charge is 2.45. The number of nitrogens with zero attached hydrogens (tertiary/aromatic N) is 1. The van der Waals surface area contributed by atoms with E-state index in [0.29, 0.717) is 13.0 Å². The van der Waals surface area contributed by atoms with Crippen molar-refractivity contribution in [2.45, 2.75) is 57.6 Å². The minimum Gasteiger partial charge on any atom is -0.444 e. The molecule has 2 rings (SSSR count). The average molecular weight is 337 g/mol. The van der Waals surface area contributed by atoms with Crippen molar-refractivity contribution >= 4 is 6.09 Å². The van der Waals surface area contributed by atoms with Crippen molar-refractivity contribution in [2.24, 2.45) is 0 Å². The molecule has 1 aliphatic rings. The number of carbonyl (C=O) groups is 1. The molecule has 0 aromatic heterocycles. The van der Waals surface area contributed by atoms with Crippen LogP contribution < -0.4 is 0 Å². The molecule has 1 fully saturated rings. The first-order valence-electron chi connectivity index (χ1n) is 8.24. The van der Waals surface area contributed by atoms with E-state index < -0.39 is 23.8 Å². The number of carbonyl (C=O) groups excluding carboxylic acids is 1. The van der Waals surface area contributed by atoms with Crippen LogP contribution in [-0.2, 0) is 16.1 Å². The van der Waals surface area contributed by atoms with Gasteiger partial charge in [-0.25, -0.2) is 4.79 Å². The van der Waals surface area contributed by atoms with Crippen molar-refractivity contribution in [3.8, 4) is 0 Å². The van der Waals surface area contributed by atoms with Crippen LogP contribution >= 0.6 is 0 Å². The van der Waals surface area contributed by atoms with Crippen LogP contribution in [0.4, 0.5) is 4.79 Å². The van der Waals surface area contributed by atoms with Gasteiger partial charge >= 0.3 is 6.09 Å². The fourth-order valence-electron chi connectivity index (χ4n) is 2.91. The lowest BCUT2D eigenvalue weighted by molar-refractivity contribution is -0.0221. The van der Waals surface area contributed by atoms with Crippen molar-refractivity contribution in [3.05, 3.63) is 35.9 Å². The average Bonchev–Trinajstić information content (AvgIpc) is 2.90. The van der Waals surface area contributed by atoms with Crippen LogP contribution in [0.25, 0.3) is 0 Å². The summed E-state index contributed by atoms with van der Waals surface area (Å²) in [4.78, 5) is 13.9. The summed E-state index contributed by atoms with van der Waals surface area (Å²) in [6, 6.07) is 8.76. The molecular formula is C18H27NO5. The second-order valence-electron chi connectivity index (χ2n) is 7.04. The number of hydrogen-bond acceptors (Lipinski definition) is 5. The molecule has 1 saturated heterocycles. The summed E-state index contributed by atoms with van der Waals surface area (Å²) in [6.45, 7) is 5.31. The molecule has 0 saturated carbocycles. The van der Waals surface area contributed by atoms with Gasteiger partial charge in [-0.2, -0.15) is 0 Å². The first-order chi connectivity index (χ1) is 11.4. The van der Waals surface area contributed by atoms with Crippen molar-refractivity contribution < 1.29 is 24.5 Å². The first kappa shape index (κ1) is 18.7. The molecule has 1 aromatic carbocycles. The Morgan fingerprint density at radius 2 is 1.88 bits per heavy atom. The molecule has 0 aliphatic carbocycles. The minimum atomic E-state index is -0.639. The Morgan fingerprint density at radius 3 is 2.42 bits per heavy atom. The van der Waals surface area contributed by atoms with Crippen LogP contribution in [0.1, 0.15) is 32.8 Å². The Balaban J connectivity index is 2.06. The molecule has 0 spiro atoms. The van der Waals surface area contributed by atoms with Gasteiger partial charge in [-0.1, -0.05) is 30.3 Å². The third kappa shape index (κ3) is 4.69. The molecule has 24 heavy (non-hydrogen) atoms. The van der Waals surface area contributed by atoms with Gasteiger partial charge in [0.2, 0.25) is 0 Å². The van der Waals surface area contributed by atoms with Crippen LogP contribution in [0.5, 0.6) is 0 Å². The summed E-state index contributed by atoms with van der Waals surface area (Å²) in [5.74, 6) is 0. The predicted molar refractivity (Wildman–Crippen MR) is 89.5 cm³/mol. The lowest BCUT2D eigenvalue weighted by Crippen LogP contribution is -2.48. The third-order valence-corrected chi connectivity index (χ3v) is 3.99. The fraction of sp³-hybridized carbons (Fsp3) is 0.611. The molecule has 6 nitrogen and oxygen atoms in total. The van der Waals surface area contributed by atoms with Crippen LogP contribution in [0.3, 0.4) is 0 Å². The summed E-state index contributed by atoms with van der Waals surface area (Å²) >= 11 is 0. The Morgan fingerprint density at radius 1 is 1.21 bits per heavy atom. The normalized spacial score (nSPS) is 24.2. The van der Waals surface area contributed by atoms with E-state index in [1.54, 1.807) is 20.8 Å². The summed E-state index contributed by atoms with van der Waals surface area (Å²) in [5, 5.41) is 19.4. The fourth-order valence-corrected chi connectivity index (χ4v) is 2.91. The topological polar surface area (TPSA) is 79.2 Å². The predicted octanol–water partition coefficient (Wildman–Crippen LogP) is 1.93. The standard InChI is InChI=1S/C18H27NO5/c1-18(2,3)24-17(22)19-14(10-20)9-16(15(19)11-21)23-12-13-7-5-4-6-8-13/h4-8,14-16,20-21H,9-12H2,1-3H3/t14-,15-,16+/m1/s1. The maximum absolute atomic E-state index is 12.4. The summed E-state index contributed by atoms with van der Waals surface area (Å²) in [5.41, 5.74) is 0.380. The number of benzene rings is 1. The van der Waals surface area contributed by atoms with Gasteiger partial charge < -0.3 is 19.7 Å². The highest BCUT2D eigenvalue weighted by Crippen LogP contribution is 2.29. The smallest absolute Gasteiger partial charge is 0.411 e. The molecular weight excluding hydrogens is 310 g/mol. The second kappa shape index (κ2) is 7.96. The Bertz CT molecular complexity index is 528. The Hall–Kier alpha value is -1.63. The largest absolute Gasteiger partial charge is 0.444 e. The maximum atomic E-state index is 12.4. The Labute approximate surface area is 143 Å². The van der Waals surface area contributed by atoms with E-state index in [1.807, 2.05) is 30.3 Å². The summed E-state index contributed by atoms with van der Waals surface area (Å²) < 4.78 is 11.3. The van der Waals surface area contributed by atoms with E-state index in [0.717, 1.165) is 5.56 Å². The van der Waals surface area contributed by atoms with Crippen LogP contribution in [0.15, 0.2) is 30.3 Å². The quantitative estimate of drug-likeness (QED) is 0.858. The highest BCUT2D eigenvalue weighted by molar-refractivity contribution is 5.69. The molecule has 1 amide bonds. The van der Waals surface area contributed by atoms with E-state index in [-0.39, 0.29) is 19.3 Å². The third-order valence-electron chi connectivity index (χ3n) is 3.99. The zero-order chi connectivity index (χ0) is 17.7. The van der Waals surface area contributed by atoms with Gasteiger partial charge in [0.25, 0.3) is 0 Å². The van der Waals surface area contributed by atoms with E-state index in [9.17, 15) is 15.0 Å². The molecule has 2 N–H and O–H groups in total. The maximum Gasteiger partial charge on any atom is 0.411 e. The summed E-state index contributed by atoms with van der Waals surface area (Å²) in [6.07, 6.45) is -0.417. The molecule has 1 heterocycles. The molecule has 1 aromatic rings. The molecule has 134 valence electrons. The number of aliphatic hydroxyl groups is 2. The number of hydrogen-bond donors (Lipinski definition) is 2. The number of ether oxygens (including phenoxy) is 2. The molecule has 0 unspecified atom stereocenters. The van der Waals surface area contributed by atoms with Gasteiger partial charge in [0.15, 0.2) is 0 Å². The van der Waals surface area contributed by atoms with Crippen LogP contribution in [0, 0.1) is 0 Å². The number of rotatable bonds is 5. The van der Waals surface area contributed by atoms with Gasteiger partial charge in [-0.15, -0.1) is 0 Å². The van der Waals surface area contributed by atoms with Gasteiger partial charge in [0, 0.05) is 0 Å². The van der Waals surface area contributed by atoms with Gasteiger partial charge in [0.1, 0.15) is 5.60 Å². The van der Waals surface area contributed by atoms with Crippen molar-refractivity contribution in [2.75, 3.05) is 13.2 Å². The number of likely N-dealkylation sites (tertiary alicyclic amines) is 1. The van der Waals surface area contributed by atoms with Gasteiger partial charge in [-0.05, 0) is 32.8 Å². The highest BCUT2D eigenvalue weighted by atomic mass is 16.6. The van der Waals surface area contributed by atoms with E-state index in [2.05, 4.69) is 0 Å². The minimum absolute atomic E-state index is 0.194. The SMILES string of the molecule is CC(C)(C)OC(=O)N1[C@@H](CO)C[C@H](OCc2ccccc2)[C@H]1CO. The lowest BCUT2D eigenvalue weighted by Gasteiger charge is -2.32. The van der Waals surface area contributed by atoms with E-state index in [1.165, 1.54) is 4.90 Å². The Kier molecular flexibility index (Phi) is 6.21. The van der Waals surface area contributed by atoms with Crippen LogP contribution in [0.2, 0.25) is 0 Å². The van der Waals surface area contributed by atoms with Crippen molar-refractivity contribution in [1.29, 1.82) is 0 Å². The lowest BCUT2D eigenvalue weighted by atomic mass is 10.1. The molecule has 0 bridgehead atoms. The van der Waals surface area contributed by atoms with Gasteiger partial charge in [-0.3, -0.25) is 4.90 Å². The van der Waals surface area contributed by atoms with Gasteiger partial charge in [0.05, 0.1) is 38.0 Å². The number of aliphatic hydroxyl groups excluding tert-OH is 2. The second-order valence-corrected chi connectivity index (χ2v) is 7.04. The summed E-state index contributed by atoms with van der Waals surface area (Å²) in [7, 11) is 0. The monoisotopic (exact) mass is 337 g/mol. The molecule has 6 heteroatoms. The van der Waals surface area contributed by atoms with E-state index in [4.69, 9.17) is 9.47 Å². The molecule has 3 atom stereocenters. The zero-order valence-corrected chi connectivity index (χ0v) is 14.5. The molecule has 1 aliphatic heterocycles.